The van der Waals surface area contributed by atoms with E-state index < -0.39 is 34.7 Å². The van der Waals surface area contributed by atoms with Gasteiger partial charge in [0.1, 0.15) is 22.6 Å². The lowest BCUT2D eigenvalue weighted by Crippen LogP contribution is -2.69. The van der Waals surface area contributed by atoms with Crippen molar-refractivity contribution in [2.75, 3.05) is 13.1 Å². The molecule has 0 spiro atoms. The van der Waals surface area contributed by atoms with Crippen LogP contribution in [-0.2, 0) is 15.0 Å². The van der Waals surface area contributed by atoms with Gasteiger partial charge in [-0.25, -0.2) is 14.0 Å². The Balaban J connectivity index is 2.30. The van der Waals surface area contributed by atoms with Crippen molar-refractivity contribution in [2.45, 2.75) is 65.2 Å². The summed E-state index contributed by atoms with van der Waals surface area (Å²) in [5.74, 6) is -0.512. The van der Waals surface area contributed by atoms with Crippen LogP contribution in [0.25, 0.3) is 0 Å². The summed E-state index contributed by atoms with van der Waals surface area (Å²) < 4.78 is 25.4. The smallest absolute Gasteiger partial charge is 0.410 e. The van der Waals surface area contributed by atoms with Gasteiger partial charge in [-0.15, -0.1) is 0 Å². The number of likely N-dealkylation sites (tertiary alicyclic amines) is 1. The van der Waals surface area contributed by atoms with Crippen molar-refractivity contribution < 1.29 is 23.5 Å². The van der Waals surface area contributed by atoms with Crippen molar-refractivity contribution in [2.24, 2.45) is 0 Å². The number of carbonyl (C=O) groups excluding carboxylic acids is 2. The SMILES string of the molecule is Cc1cc(F)c(C2(NC(=O)OC(C)(C)C)CN(C(=O)OC(C)(C)C)C2)cc1Cl. The molecule has 1 fully saturated rings. The summed E-state index contributed by atoms with van der Waals surface area (Å²) in [6.07, 6.45) is -1.24. The molecule has 2 rings (SSSR count). The van der Waals surface area contributed by atoms with Gasteiger partial charge in [-0.3, -0.25) is 0 Å². The fraction of sp³-hybridized carbons (Fsp3) is 0.600. The second kappa shape index (κ2) is 7.43. The quantitative estimate of drug-likeness (QED) is 0.757. The Morgan fingerprint density at radius 3 is 2.14 bits per heavy atom. The molecule has 6 nitrogen and oxygen atoms in total. The Hall–Kier alpha value is -2.02. The first-order valence-corrected chi connectivity index (χ1v) is 9.45. The zero-order valence-electron chi connectivity index (χ0n) is 17.4. The zero-order chi connectivity index (χ0) is 21.5. The van der Waals surface area contributed by atoms with Gasteiger partial charge in [0.25, 0.3) is 0 Å². The van der Waals surface area contributed by atoms with Crippen molar-refractivity contribution in [1.82, 2.24) is 10.2 Å². The van der Waals surface area contributed by atoms with Crippen LogP contribution >= 0.6 is 11.6 Å². The Bertz CT molecular complexity index is 778. The van der Waals surface area contributed by atoms with Crippen molar-refractivity contribution in [3.8, 4) is 0 Å². The molecule has 0 saturated carbocycles. The maximum Gasteiger partial charge on any atom is 0.410 e. The molecule has 156 valence electrons. The third-order valence-corrected chi connectivity index (χ3v) is 4.48. The van der Waals surface area contributed by atoms with E-state index in [0.717, 1.165) is 0 Å². The molecule has 28 heavy (non-hydrogen) atoms. The molecule has 8 heteroatoms. The number of benzene rings is 1. The van der Waals surface area contributed by atoms with Gasteiger partial charge in [0.05, 0.1) is 13.1 Å². The van der Waals surface area contributed by atoms with Crippen LogP contribution in [0.5, 0.6) is 0 Å². The van der Waals surface area contributed by atoms with Crippen LogP contribution in [-0.4, -0.2) is 41.4 Å². The topological polar surface area (TPSA) is 67.9 Å². The van der Waals surface area contributed by atoms with Gasteiger partial charge in [0.2, 0.25) is 0 Å². The lowest BCUT2D eigenvalue weighted by Gasteiger charge is -2.50. The molecule has 0 radical (unpaired) electrons. The third kappa shape index (κ3) is 5.28. The van der Waals surface area contributed by atoms with Gasteiger partial charge in [-0.05, 0) is 66.2 Å². The van der Waals surface area contributed by atoms with E-state index in [0.29, 0.717) is 10.6 Å². The maximum absolute atomic E-state index is 14.7. The molecule has 1 heterocycles. The summed E-state index contributed by atoms with van der Waals surface area (Å²) >= 11 is 6.19. The number of hydrogen-bond acceptors (Lipinski definition) is 4. The number of halogens is 2. The molecule has 0 aromatic heterocycles. The summed E-state index contributed by atoms with van der Waals surface area (Å²) in [7, 11) is 0. The van der Waals surface area contributed by atoms with Crippen molar-refractivity contribution in [1.29, 1.82) is 0 Å². The van der Waals surface area contributed by atoms with E-state index in [2.05, 4.69) is 5.32 Å². The van der Waals surface area contributed by atoms with E-state index in [-0.39, 0.29) is 18.7 Å². The van der Waals surface area contributed by atoms with E-state index in [1.165, 1.54) is 17.0 Å². The van der Waals surface area contributed by atoms with Crippen LogP contribution in [0.3, 0.4) is 0 Å². The Morgan fingerprint density at radius 2 is 1.64 bits per heavy atom. The van der Waals surface area contributed by atoms with Gasteiger partial charge >= 0.3 is 12.2 Å². The normalized spacial score (nSPS) is 16.2. The number of nitrogens with zero attached hydrogens (tertiary/aromatic N) is 1. The molecule has 2 amide bonds. The number of alkyl carbamates (subject to hydrolysis) is 1. The summed E-state index contributed by atoms with van der Waals surface area (Å²) in [5, 5.41) is 3.10. The average molecular weight is 415 g/mol. The Morgan fingerprint density at radius 1 is 1.11 bits per heavy atom. The number of rotatable bonds is 2. The predicted molar refractivity (Wildman–Crippen MR) is 105 cm³/mol. The lowest BCUT2D eigenvalue weighted by atomic mass is 9.82. The maximum atomic E-state index is 14.7. The Kier molecular flexibility index (Phi) is 5.91. The second-order valence-electron chi connectivity index (χ2n) is 9.13. The van der Waals surface area contributed by atoms with Crippen molar-refractivity contribution >= 4 is 23.8 Å². The zero-order valence-corrected chi connectivity index (χ0v) is 18.2. The first-order valence-electron chi connectivity index (χ1n) is 9.07. The monoisotopic (exact) mass is 414 g/mol. The molecule has 0 bridgehead atoms. The highest BCUT2D eigenvalue weighted by atomic mass is 35.5. The van der Waals surface area contributed by atoms with Gasteiger partial charge < -0.3 is 19.7 Å². The van der Waals surface area contributed by atoms with Gasteiger partial charge in [0.15, 0.2) is 0 Å². The molecule has 1 N–H and O–H groups in total. The van der Waals surface area contributed by atoms with Crippen LogP contribution in [0.2, 0.25) is 5.02 Å². The summed E-state index contributed by atoms with van der Waals surface area (Å²) in [5.41, 5.74) is -1.75. The first kappa shape index (κ1) is 22.3. The van der Waals surface area contributed by atoms with Crippen LogP contribution in [0.15, 0.2) is 12.1 Å². The molecular formula is C20H28ClFN2O4. The number of hydrogen-bond donors (Lipinski definition) is 1. The fourth-order valence-electron chi connectivity index (χ4n) is 2.89. The van der Waals surface area contributed by atoms with Gasteiger partial charge in [-0.2, -0.15) is 0 Å². The molecule has 1 aromatic carbocycles. The van der Waals surface area contributed by atoms with Crippen LogP contribution < -0.4 is 5.32 Å². The highest BCUT2D eigenvalue weighted by molar-refractivity contribution is 6.31. The fourth-order valence-corrected chi connectivity index (χ4v) is 3.05. The molecule has 1 aliphatic rings. The standard InChI is InChI=1S/C20H28ClFN2O4/c1-12-8-15(22)13(9-14(12)21)20(23-16(25)27-18(2,3)4)10-24(11-20)17(26)28-19(5,6)7/h8-9H,10-11H2,1-7H3,(H,23,25). The van der Waals surface area contributed by atoms with E-state index in [1.54, 1.807) is 48.5 Å². The van der Waals surface area contributed by atoms with E-state index >= 15 is 0 Å². The number of carbonyl (C=O) groups is 2. The number of amides is 2. The molecule has 1 saturated heterocycles. The van der Waals surface area contributed by atoms with Gasteiger partial charge in [-0.1, -0.05) is 11.6 Å². The van der Waals surface area contributed by atoms with Crippen LogP contribution in [0, 0.1) is 12.7 Å². The van der Waals surface area contributed by atoms with E-state index in [4.69, 9.17) is 21.1 Å². The van der Waals surface area contributed by atoms with Crippen molar-refractivity contribution in [3.05, 3.63) is 34.1 Å². The predicted octanol–water partition coefficient (Wildman–Crippen LogP) is 4.76. The molecule has 1 aliphatic heterocycles. The number of aryl methyl sites for hydroxylation is 1. The third-order valence-electron chi connectivity index (χ3n) is 4.08. The molecule has 1 aromatic rings. The highest BCUT2D eigenvalue weighted by Gasteiger charge is 2.51. The minimum Gasteiger partial charge on any atom is -0.444 e. The molecule has 0 unspecified atom stereocenters. The number of ether oxygens (including phenoxy) is 2. The number of nitrogens with one attached hydrogen (secondary N) is 1. The Labute approximate surface area is 170 Å². The highest BCUT2D eigenvalue weighted by Crippen LogP contribution is 2.37. The van der Waals surface area contributed by atoms with E-state index in [1.807, 2.05) is 0 Å². The van der Waals surface area contributed by atoms with Crippen molar-refractivity contribution in [3.63, 3.8) is 0 Å². The minimum absolute atomic E-state index is 0.0392. The summed E-state index contributed by atoms with van der Waals surface area (Å²) in [4.78, 5) is 26.1. The van der Waals surface area contributed by atoms with E-state index in [9.17, 15) is 14.0 Å². The minimum atomic E-state index is -1.15. The largest absolute Gasteiger partial charge is 0.444 e. The average Bonchev–Trinajstić information content (AvgIpc) is 2.42. The second-order valence-corrected chi connectivity index (χ2v) is 9.53. The summed E-state index contributed by atoms with van der Waals surface area (Å²) in [6, 6.07) is 2.79. The summed E-state index contributed by atoms with van der Waals surface area (Å²) in [6.45, 7) is 12.2. The molecular weight excluding hydrogens is 387 g/mol. The first-order chi connectivity index (χ1) is 12.6. The van der Waals surface area contributed by atoms with Gasteiger partial charge in [0, 0.05) is 10.6 Å². The lowest BCUT2D eigenvalue weighted by molar-refractivity contribution is -0.0238. The molecule has 0 atom stereocenters. The van der Waals surface area contributed by atoms with Crippen LogP contribution in [0.1, 0.15) is 52.7 Å². The van der Waals surface area contributed by atoms with Crippen LogP contribution in [0.4, 0.5) is 14.0 Å². The molecule has 0 aliphatic carbocycles.